The van der Waals surface area contributed by atoms with Gasteiger partial charge in [-0.05, 0) is 24.6 Å². The van der Waals surface area contributed by atoms with Gasteiger partial charge < -0.3 is 19.8 Å². The number of aliphatic hydroxyl groups is 1. The van der Waals surface area contributed by atoms with Crippen LogP contribution in [0.15, 0.2) is 24.3 Å². The molecular weight excluding hydrogens is 274 g/mol. The Hall–Kier alpha value is -2.08. The van der Waals surface area contributed by atoms with E-state index in [2.05, 4.69) is 0 Å². The van der Waals surface area contributed by atoms with Gasteiger partial charge in [0, 0.05) is 18.5 Å². The Kier molecular flexibility index (Phi) is 4.80. The molecule has 0 spiro atoms. The summed E-state index contributed by atoms with van der Waals surface area (Å²) in [5.41, 5.74) is 0.365. The number of ether oxygens (including phenoxy) is 1. The van der Waals surface area contributed by atoms with Crippen molar-refractivity contribution in [3.63, 3.8) is 0 Å². The number of aliphatic carboxylic acids is 1. The first-order chi connectivity index (χ1) is 10.0. The summed E-state index contributed by atoms with van der Waals surface area (Å²) in [5.74, 6) is -0.923. The first kappa shape index (κ1) is 15.3. The van der Waals surface area contributed by atoms with Gasteiger partial charge in [0.15, 0.2) is 0 Å². The molecule has 0 radical (unpaired) electrons. The second-order valence-electron chi connectivity index (χ2n) is 5.08. The molecular formula is C15H19NO5. The summed E-state index contributed by atoms with van der Waals surface area (Å²) in [6, 6.07) is 5.68. The van der Waals surface area contributed by atoms with Gasteiger partial charge in [0.05, 0.1) is 12.7 Å². The van der Waals surface area contributed by atoms with E-state index in [0.717, 1.165) is 6.42 Å². The number of β-amino-alcohol motifs (C(OH)–C–C–N with tert-alkyl or cyclic N) is 1. The molecule has 1 aromatic rings. The molecule has 1 aliphatic rings. The SMILES string of the molecule is CCCOc1cccc(C(=O)N2CC(O)CC2C(=O)O)c1. The molecule has 1 heterocycles. The van der Waals surface area contributed by atoms with Crippen LogP contribution in [0.2, 0.25) is 0 Å². The molecule has 21 heavy (non-hydrogen) atoms. The molecule has 6 nitrogen and oxygen atoms in total. The summed E-state index contributed by atoms with van der Waals surface area (Å²) in [6.07, 6.45) is 0.125. The van der Waals surface area contributed by atoms with E-state index in [1.165, 1.54) is 4.90 Å². The third-order valence-electron chi connectivity index (χ3n) is 3.38. The van der Waals surface area contributed by atoms with E-state index in [1.54, 1.807) is 24.3 Å². The average Bonchev–Trinajstić information content (AvgIpc) is 2.87. The molecule has 2 atom stereocenters. The fraction of sp³-hybridized carbons (Fsp3) is 0.467. The highest BCUT2D eigenvalue weighted by molar-refractivity contribution is 5.97. The fourth-order valence-electron chi connectivity index (χ4n) is 2.38. The molecule has 114 valence electrons. The lowest BCUT2D eigenvalue weighted by Crippen LogP contribution is -2.40. The van der Waals surface area contributed by atoms with Crippen LogP contribution in [0.3, 0.4) is 0 Å². The second kappa shape index (κ2) is 6.58. The minimum Gasteiger partial charge on any atom is -0.494 e. The maximum Gasteiger partial charge on any atom is 0.326 e. The van der Waals surface area contributed by atoms with E-state index in [0.29, 0.717) is 17.9 Å². The van der Waals surface area contributed by atoms with Crippen molar-refractivity contribution in [2.45, 2.75) is 31.9 Å². The Balaban J connectivity index is 2.17. The highest BCUT2D eigenvalue weighted by Crippen LogP contribution is 2.22. The number of likely N-dealkylation sites (tertiary alicyclic amines) is 1. The summed E-state index contributed by atoms with van der Waals surface area (Å²) < 4.78 is 5.47. The molecule has 1 fully saturated rings. The number of hydrogen-bond acceptors (Lipinski definition) is 4. The zero-order valence-corrected chi connectivity index (χ0v) is 11.9. The summed E-state index contributed by atoms with van der Waals surface area (Å²) in [7, 11) is 0. The van der Waals surface area contributed by atoms with Gasteiger partial charge in [-0.2, -0.15) is 0 Å². The van der Waals surface area contributed by atoms with Crippen molar-refractivity contribution in [1.29, 1.82) is 0 Å². The van der Waals surface area contributed by atoms with Crippen LogP contribution in [-0.2, 0) is 4.79 Å². The number of rotatable bonds is 5. The Morgan fingerprint density at radius 2 is 2.19 bits per heavy atom. The van der Waals surface area contributed by atoms with Gasteiger partial charge in [-0.3, -0.25) is 4.79 Å². The fourth-order valence-corrected chi connectivity index (χ4v) is 2.38. The molecule has 0 aliphatic carbocycles. The summed E-state index contributed by atoms with van der Waals surface area (Å²) in [6.45, 7) is 2.58. The first-order valence-electron chi connectivity index (χ1n) is 6.97. The normalized spacial score (nSPS) is 21.3. The van der Waals surface area contributed by atoms with Crippen LogP contribution in [0.25, 0.3) is 0 Å². The van der Waals surface area contributed by atoms with Gasteiger partial charge in [-0.25, -0.2) is 4.79 Å². The Morgan fingerprint density at radius 3 is 2.86 bits per heavy atom. The molecule has 1 aromatic carbocycles. The Bertz CT molecular complexity index is 531. The minimum atomic E-state index is -1.10. The maximum atomic E-state index is 12.4. The second-order valence-corrected chi connectivity index (χ2v) is 5.08. The standard InChI is InChI=1S/C15H19NO5/c1-2-6-21-12-5-3-4-10(7-12)14(18)16-9-11(17)8-13(16)15(19)20/h3-5,7,11,13,17H,2,6,8-9H2,1H3,(H,19,20). The van der Waals surface area contributed by atoms with Gasteiger partial charge in [-0.1, -0.05) is 13.0 Å². The smallest absolute Gasteiger partial charge is 0.326 e. The summed E-state index contributed by atoms with van der Waals surface area (Å²) in [4.78, 5) is 24.8. The molecule has 1 aliphatic heterocycles. The number of carbonyl (C=O) groups excluding carboxylic acids is 1. The van der Waals surface area contributed by atoms with Crippen molar-refractivity contribution in [2.75, 3.05) is 13.2 Å². The quantitative estimate of drug-likeness (QED) is 0.850. The minimum absolute atomic E-state index is 0.0375. The van der Waals surface area contributed by atoms with Crippen LogP contribution in [0, 0.1) is 0 Å². The average molecular weight is 293 g/mol. The number of aliphatic hydroxyl groups excluding tert-OH is 1. The number of hydrogen-bond donors (Lipinski definition) is 2. The molecule has 6 heteroatoms. The van der Waals surface area contributed by atoms with Gasteiger partial charge in [0.1, 0.15) is 11.8 Å². The van der Waals surface area contributed by atoms with E-state index in [9.17, 15) is 14.7 Å². The van der Waals surface area contributed by atoms with Crippen molar-refractivity contribution >= 4 is 11.9 Å². The van der Waals surface area contributed by atoms with E-state index in [4.69, 9.17) is 9.84 Å². The largest absolute Gasteiger partial charge is 0.494 e. The first-order valence-corrected chi connectivity index (χ1v) is 6.97. The van der Waals surface area contributed by atoms with Crippen molar-refractivity contribution in [1.82, 2.24) is 4.90 Å². The van der Waals surface area contributed by atoms with Crippen LogP contribution < -0.4 is 4.74 Å². The molecule has 0 bridgehead atoms. The Morgan fingerprint density at radius 1 is 1.43 bits per heavy atom. The van der Waals surface area contributed by atoms with Gasteiger partial charge in [0.2, 0.25) is 0 Å². The lowest BCUT2D eigenvalue weighted by Gasteiger charge is -2.21. The van der Waals surface area contributed by atoms with E-state index in [1.807, 2.05) is 6.92 Å². The summed E-state index contributed by atoms with van der Waals surface area (Å²) >= 11 is 0. The lowest BCUT2D eigenvalue weighted by molar-refractivity contribution is -0.141. The van der Waals surface area contributed by atoms with Crippen LogP contribution in [0.5, 0.6) is 5.75 Å². The number of nitrogens with zero attached hydrogens (tertiary/aromatic N) is 1. The van der Waals surface area contributed by atoms with Crippen molar-refractivity contribution in [3.05, 3.63) is 29.8 Å². The monoisotopic (exact) mass is 293 g/mol. The third kappa shape index (κ3) is 3.52. The van der Waals surface area contributed by atoms with E-state index < -0.39 is 24.0 Å². The zero-order chi connectivity index (χ0) is 15.4. The summed E-state index contributed by atoms with van der Waals surface area (Å²) in [5, 5.41) is 18.7. The van der Waals surface area contributed by atoms with Crippen LogP contribution in [-0.4, -0.2) is 52.3 Å². The highest BCUT2D eigenvalue weighted by atomic mass is 16.5. The van der Waals surface area contributed by atoms with Gasteiger partial charge >= 0.3 is 5.97 Å². The molecule has 0 saturated carbocycles. The molecule has 1 amide bonds. The van der Waals surface area contributed by atoms with Crippen molar-refractivity contribution in [3.8, 4) is 5.75 Å². The third-order valence-corrected chi connectivity index (χ3v) is 3.38. The zero-order valence-electron chi connectivity index (χ0n) is 11.9. The topological polar surface area (TPSA) is 87.1 Å². The molecule has 1 saturated heterocycles. The molecule has 2 unspecified atom stereocenters. The van der Waals surface area contributed by atoms with Gasteiger partial charge in [-0.15, -0.1) is 0 Å². The number of carboxylic acids is 1. The number of benzene rings is 1. The molecule has 2 rings (SSSR count). The maximum absolute atomic E-state index is 12.4. The van der Waals surface area contributed by atoms with Gasteiger partial charge in [0.25, 0.3) is 5.91 Å². The predicted octanol–water partition coefficient (Wildman–Crippen LogP) is 1.14. The number of carboxylic acid groups (broad SMARTS) is 1. The van der Waals surface area contributed by atoms with Crippen LogP contribution in [0.4, 0.5) is 0 Å². The van der Waals surface area contributed by atoms with Crippen LogP contribution in [0.1, 0.15) is 30.1 Å². The molecule has 0 aromatic heterocycles. The van der Waals surface area contributed by atoms with Crippen LogP contribution >= 0.6 is 0 Å². The van der Waals surface area contributed by atoms with E-state index >= 15 is 0 Å². The number of carbonyl (C=O) groups is 2. The predicted molar refractivity (Wildman–Crippen MR) is 75.3 cm³/mol. The van der Waals surface area contributed by atoms with Crippen molar-refractivity contribution in [2.24, 2.45) is 0 Å². The van der Waals surface area contributed by atoms with Crippen molar-refractivity contribution < 1.29 is 24.5 Å². The molecule has 2 N–H and O–H groups in total. The highest BCUT2D eigenvalue weighted by Gasteiger charge is 2.39. The van der Waals surface area contributed by atoms with E-state index in [-0.39, 0.29) is 13.0 Å². The lowest BCUT2D eigenvalue weighted by atomic mass is 10.1. The Labute approximate surface area is 122 Å². The number of amides is 1.